The SMILES string of the molecule is CC(C)(C)N(CC(=O)N1CCc2sccc2[C@@H]1COc1ccc(Cl)cc1)C(=O)c1ccc(F)cc1. The van der Waals surface area contributed by atoms with E-state index in [0.29, 0.717) is 29.5 Å². The standard InChI is InChI=1S/C27H28ClFN2O3S/c1-27(2,3)31(26(33)18-4-8-20(29)9-5-18)16-25(32)30-14-12-24-22(13-15-35-24)23(30)17-34-21-10-6-19(28)7-11-21/h4-11,13,15,23H,12,14,16-17H2,1-3H3/t23-/m0/s1. The number of ether oxygens (including phenoxy) is 1. The molecular formula is C27H28ClFN2O3S. The zero-order chi connectivity index (χ0) is 25.2. The number of carbonyl (C=O) groups excluding carboxylic acids is 2. The second kappa shape index (κ2) is 10.4. The maximum absolute atomic E-state index is 13.6. The van der Waals surface area contributed by atoms with Crippen molar-refractivity contribution >= 4 is 34.8 Å². The van der Waals surface area contributed by atoms with Crippen molar-refractivity contribution in [3.63, 3.8) is 0 Å². The average Bonchev–Trinajstić information content (AvgIpc) is 3.30. The molecule has 0 radical (unpaired) electrons. The van der Waals surface area contributed by atoms with Gasteiger partial charge in [0, 0.05) is 27.5 Å². The lowest BCUT2D eigenvalue weighted by Crippen LogP contribution is -2.53. The predicted octanol–water partition coefficient (Wildman–Crippen LogP) is 5.99. The summed E-state index contributed by atoms with van der Waals surface area (Å²) in [5.41, 5.74) is 0.811. The third-order valence-electron chi connectivity index (χ3n) is 6.08. The molecule has 1 aliphatic rings. The van der Waals surface area contributed by atoms with E-state index >= 15 is 0 Å². The molecule has 1 aromatic heterocycles. The quantitative estimate of drug-likeness (QED) is 0.406. The third-order valence-corrected chi connectivity index (χ3v) is 7.32. The Balaban J connectivity index is 1.55. The molecule has 1 atom stereocenters. The Morgan fingerprint density at radius 1 is 1.11 bits per heavy atom. The van der Waals surface area contributed by atoms with Crippen molar-refractivity contribution in [3.05, 3.63) is 86.8 Å². The van der Waals surface area contributed by atoms with Gasteiger partial charge in [-0.15, -0.1) is 11.3 Å². The van der Waals surface area contributed by atoms with Gasteiger partial charge < -0.3 is 14.5 Å². The zero-order valence-corrected chi connectivity index (χ0v) is 21.5. The van der Waals surface area contributed by atoms with E-state index in [1.54, 1.807) is 40.5 Å². The minimum Gasteiger partial charge on any atom is -0.491 e. The van der Waals surface area contributed by atoms with E-state index in [2.05, 4.69) is 0 Å². The molecular weight excluding hydrogens is 487 g/mol. The highest BCUT2D eigenvalue weighted by Gasteiger charge is 2.36. The molecule has 0 N–H and O–H groups in total. The van der Waals surface area contributed by atoms with E-state index < -0.39 is 11.4 Å². The topological polar surface area (TPSA) is 49.9 Å². The molecule has 2 heterocycles. The van der Waals surface area contributed by atoms with Gasteiger partial charge in [0.15, 0.2) is 0 Å². The van der Waals surface area contributed by atoms with Crippen LogP contribution in [0.15, 0.2) is 60.0 Å². The molecule has 0 aliphatic carbocycles. The van der Waals surface area contributed by atoms with Crippen LogP contribution in [0, 0.1) is 5.82 Å². The Kier molecular flexibility index (Phi) is 7.47. The fourth-order valence-electron chi connectivity index (χ4n) is 4.17. The van der Waals surface area contributed by atoms with Gasteiger partial charge in [-0.25, -0.2) is 4.39 Å². The average molecular weight is 515 g/mol. The van der Waals surface area contributed by atoms with Gasteiger partial charge in [0.05, 0.1) is 6.04 Å². The lowest BCUT2D eigenvalue weighted by Gasteiger charge is -2.40. The first-order valence-corrected chi connectivity index (χ1v) is 12.7. The number of hydrogen-bond acceptors (Lipinski definition) is 4. The molecule has 0 fully saturated rings. The molecule has 2 amide bonds. The van der Waals surface area contributed by atoms with E-state index in [1.165, 1.54) is 29.1 Å². The molecule has 184 valence electrons. The minimum absolute atomic E-state index is 0.0867. The summed E-state index contributed by atoms with van der Waals surface area (Å²) < 4.78 is 19.4. The van der Waals surface area contributed by atoms with Crippen LogP contribution in [0.4, 0.5) is 4.39 Å². The Morgan fingerprint density at radius 2 is 1.80 bits per heavy atom. The Morgan fingerprint density at radius 3 is 2.46 bits per heavy atom. The van der Waals surface area contributed by atoms with Gasteiger partial charge in [-0.05, 0) is 92.7 Å². The Labute approximate surface area is 214 Å². The first kappa shape index (κ1) is 25.2. The largest absolute Gasteiger partial charge is 0.491 e. The molecule has 0 saturated carbocycles. The van der Waals surface area contributed by atoms with Crippen LogP contribution in [0.25, 0.3) is 0 Å². The fourth-order valence-corrected chi connectivity index (χ4v) is 5.22. The van der Waals surface area contributed by atoms with Crippen molar-refractivity contribution in [1.29, 1.82) is 0 Å². The Bertz CT molecular complexity index is 1190. The second-order valence-electron chi connectivity index (χ2n) is 9.49. The third kappa shape index (κ3) is 5.85. The molecule has 4 rings (SSSR count). The minimum atomic E-state index is -0.611. The summed E-state index contributed by atoms with van der Waals surface area (Å²) >= 11 is 7.66. The number of carbonyl (C=O) groups is 2. The second-order valence-corrected chi connectivity index (χ2v) is 10.9. The molecule has 35 heavy (non-hydrogen) atoms. The van der Waals surface area contributed by atoms with Crippen LogP contribution in [-0.2, 0) is 11.2 Å². The molecule has 0 spiro atoms. The van der Waals surface area contributed by atoms with Crippen molar-refractivity contribution in [1.82, 2.24) is 9.80 Å². The number of rotatable bonds is 6. The van der Waals surface area contributed by atoms with Crippen LogP contribution in [0.1, 0.15) is 47.6 Å². The monoisotopic (exact) mass is 514 g/mol. The molecule has 0 saturated heterocycles. The van der Waals surface area contributed by atoms with Gasteiger partial charge in [0.25, 0.3) is 5.91 Å². The molecule has 0 unspecified atom stereocenters. The summed E-state index contributed by atoms with van der Waals surface area (Å²) in [7, 11) is 0. The lowest BCUT2D eigenvalue weighted by molar-refractivity contribution is -0.136. The molecule has 8 heteroatoms. The smallest absolute Gasteiger partial charge is 0.254 e. The predicted molar refractivity (Wildman–Crippen MR) is 137 cm³/mol. The summed E-state index contributed by atoms with van der Waals surface area (Å²) in [6.07, 6.45) is 0.762. The molecule has 2 aromatic carbocycles. The normalized spacial score (nSPS) is 15.5. The van der Waals surface area contributed by atoms with Gasteiger partial charge in [-0.2, -0.15) is 0 Å². The van der Waals surface area contributed by atoms with Crippen LogP contribution < -0.4 is 4.74 Å². The molecule has 1 aliphatic heterocycles. The van der Waals surface area contributed by atoms with Crippen LogP contribution in [0.2, 0.25) is 5.02 Å². The van der Waals surface area contributed by atoms with Gasteiger partial charge in [0.1, 0.15) is 24.7 Å². The van der Waals surface area contributed by atoms with Crippen molar-refractivity contribution < 1.29 is 18.7 Å². The van der Waals surface area contributed by atoms with E-state index in [0.717, 1.165) is 12.0 Å². The van der Waals surface area contributed by atoms with Crippen molar-refractivity contribution in [2.24, 2.45) is 0 Å². The van der Waals surface area contributed by atoms with Crippen molar-refractivity contribution in [2.75, 3.05) is 19.7 Å². The van der Waals surface area contributed by atoms with Crippen LogP contribution in [-0.4, -0.2) is 46.8 Å². The highest BCUT2D eigenvalue weighted by molar-refractivity contribution is 7.10. The maximum atomic E-state index is 13.6. The van der Waals surface area contributed by atoms with Gasteiger partial charge in [-0.1, -0.05) is 11.6 Å². The Hall–Kier alpha value is -2.90. The van der Waals surface area contributed by atoms with Gasteiger partial charge in [-0.3, -0.25) is 9.59 Å². The van der Waals surface area contributed by atoms with Crippen molar-refractivity contribution in [3.8, 4) is 5.75 Å². The van der Waals surface area contributed by atoms with Crippen LogP contribution in [0.3, 0.4) is 0 Å². The van der Waals surface area contributed by atoms with E-state index in [1.807, 2.05) is 37.1 Å². The number of nitrogens with zero attached hydrogens (tertiary/aromatic N) is 2. The molecule has 5 nitrogen and oxygen atoms in total. The summed E-state index contributed by atoms with van der Waals surface area (Å²) in [6.45, 7) is 6.40. The molecule has 3 aromatic rings. The van der Waals surface area contributed by atoms with Crippen LogP contribution in [0.5, 0.6) is 5.75 Å². The highest BCUT2D eigenvalue weighted by Crippen LogP contribution is 2.34. The van der Waals surface area contributed by atoms with Crippen LogP contribution >= 0.6 is 22.9 Å². The maximum Gasteiger partial charge on any atom is 0.254 e. The van der Waals surface area contributed by atoms with Gasteiger partial charge >= 0.3 is 0 Å². The summed E-state index contributed by atoms with van der Waals surface area (Å²) in [5.74, 6) is -0.208. The van der Waals surface area contributed by atoms with E-state index in [9.17, 15) is 14.0 Å². The number of hydrogen-bond donors (Lipinski definition) is 0. The zero-order valence-electron chi connectivity index (χ0n) is 20.0. The summed E-state index contributed by atoms with van der Waals surface area (Å²) in [5, 5.41) is 2.66. The van der Waals surface area contributed by atoms with E-state index in [-0.39, 0.29) is 24.4 Å². The highest BCUT2D eigenvalue weighted by atomic mass is 35.5. The van der Waals surface area contributed by atoms with Crippen molar-refractivity contribution in [2.45, 2.75) is 38.8 Å². The number of benzene rings is 2. The van der Waals surface area contributed by atoms with E-state index in [4.69, 9.17) is 16.3 Å². The number of thiophene rings is 1. The summed E-state index contributed by atoms with van der Waals surface area (Å²) in [6, 6.07) is 14.3. The summed E-state index contributed by atoms with van der Waals surface area (Å²) in [4.78, 5) is 31.5. The lowest BCUT2D eigenvalue weighted by atomic mass is 9.99. The first-order valence-electron chi connectivity index (χ1n) is 11.4. The number of halogens is 2. The number of fused-ring (bicyclic) bond motifs is 1. The first-order chi connectivity index (χ1) is 16.6. The molecule has 0 bridgehead atoms. The fraction of sp³-hybridized carbons (Fsp3) is 0.333. The number of amides is 2. The van der Waals surface area contributed by atoms with Gasteiger partial charge in [0.2, 0.25) is 5.91 Å².